The second-order valence-corrected chi connectivity index (χ2v) is 7.12. The molecule has 0 saturated carbocycles. The van der Waals surface area contributed by atoms with Crippen LogP contribution in [0.2, 0.25) is 0 Å². The third-order valence-corrected chi connectivity index (χ3v) is 5.12. The molecule has 1 fully saturated rings. The molecule has 150 valence electrons. The second-order valence-electron chi connectivity index (χ2n) is 7.12. The van der Waals surface area contributed by atoms with E-state index in [-0.39, 0.29) is 28.5 Å². The number of aliphatic hydroxyl groups is 1. The van der Waals surface area contributed by atoms with Gasteiger partial charge in [0.2, 0.25) is 0 Å². The number of phenolic OH excluding ortho intramolecular Hbond substituents is 2. The maximum Gasteiger partial charge on any atom is 0.300 e. The Hall–Kier alpha value is -4.06. The molecule has 30 heavy (non-hydrogen) atoms. The Morgan fingerprint density at radius 3 is 2.13 bits per heavy atom. The largest absolute Gasteiger partial charge is 0.508 e. The van der Waals surface area contributed by atoms with Crippen LogP contribution in [0, 0.1) is 6.92 Å². The maximum atomic E-state index is 13.0. The van der Waals surface area contributed by atoms with Crippen LogP contribution < -0.4 is 4.90 Å². The summed E-state index contributed by atoms with van der Waals surface area (Å²) in [5.74, 6) is -2.16. The molecule has 1 aliphatic rings. The predicted octanol–water partition coefficient (Wildman–Crippen LogP) is 4.03. The SMILES string of the molecule is Cc1ccc(/C(O)=C2\C(=O)C(=O)N(c3ccccc3O)C2c2ccc(O)cc2)cc1. The first kappa shape index (κ1) is 19.3. The maximum absolute atomic E-state index is 13.0. The van der Waals surface area contributed by atoms with Crippen LogP contribution in [0.1, 0.15) is 22.7 Å². The van der Waals surface area contributed by atoms with E-state index in [0.717, 1.165) is 5.56 Å². The number of rotatable bonds is 3. The van der Waals surface area contributed by atoms with Gasteiger partial charge in [-0.2, -0.15) is 0 Å². The van der Waals surface area contributed by atoms with Crippen molar-refractivity contribution in [1.82, 2.24) is 0 Å². The molecular weight excluding hydrogens is 382 g/mol. The summed E-state index contributed by atoms with van der Waals surface area (Å²) in [5, 5.41) is 31.0. The van der Waals surface area contributed by atoms with Crippen molar-refractivity contribution in [2.45, 2.75) is 13.0 Å². The quantitative estimate of drug-likeness (QED) is 0.350. The number of benzene rings is 3. The lowest BCUT2D eigenvalue weighted by molar-refractivity contribution is -0.132. The number of Topliss-reactive ketones (excluding diaryl/α,β-unsaturated/α-hetero) is 1. The minimum atomic E-state index is -0.972. The number of ketones is 1. The molecule has 0 aromatic heterocycles. The van der Waals surface area contributed by atoms with E-state index in [1.54, 1.807) is 48.5 Å². The van der Waals surface area contributed by atoms with Crippen molar-refractivity contribution < 1.29 is 24.9 Å². The monoisotopic (exact) mass is 401 g/mol. The lowest BCUT2D eigenvalue weighted by atomic mass is 9.95. The molecule has 1 amide bonds. The zero-order valence-electron chi connectivity index (χ0n) is 16.1. The van der Waals surface area contributed by atoms with Crippen molar-refractivity contribution in [2.24, 2.45) is 0 Å². The third-order valence-electron chi connectivity index (χ3n) is 5.12. The van der Waals surface area contributed by atoms with Crippen LogP contribution in [-0.4, -0.2) is 27.0 Å². The van der Waals surface area contributed by atoms with E-state index in [9.17, 15) is 24.9 Å². The van der Waals surface area contributed by atoms with Gasteiger partial charge in [-0.25, -0.2) is 0 Å². The Bertz CT molecular complexity index is 1160. The van der Waals surface area contributed by atoms with Crippen LogP contribution in [0.3, 0.4) is 0 Å². The van der Waals surface area contributed by atoms with Crippen LogP contribution >= 0.6 is 0 Å². The van der Waals surface area contributed by atoms with Gasteiger partial charge in [0.1, 0.15) is 17.3 Å². The number of para-hydroxylation sites is 2. The van der Waals surface area contributed by atoms with Crippen LogP contribution in [0.15, 0.2) is 78.4 Å². The van der Waals surface area contributed by atoms with E-state index in [1.807, 2.05) is 6.92 Å². The zero-order valence-corrected chi connectivity index (χ0v) is 16.1. The zero-order chi connectivity index (χ0) is 21.4. The minimum absolute atomic E-state index is 0.0248. The molecule has 3 N–H and O–H groups in total. The summed E-state index contributed by atoms with van der Waals surface area (Å²) < 4.78 is 0. The first-order valence-electron chi connectivity index (χ1n) is 9.33. The van der Waals surface area contributed by atoms with Gasteiger partial charge in [0.25, 0.3) is 11.7 Å². The van der Waals surface area contributed by atoms with Gasteiger partial charge in [0.15, 0.2) is 0 Å². The van der Waals surface area contributed by atoms with Gasteiger partial charge in [-0.3, -0.25) is 14.5 Å². The number of carbonyl (C=O) groups is 2. The normalized spacial score (nSPS) is 18.0. The fourth-order valence-corrected chi connectivity index (χ4v) is 3.59. The molecule has 6 heteroatoms. The number of nitrogens with zero attached hydrogens (tertiary/aromatic N) is 1. The summed E-state index contributed by atoms with van der Waals surface area (Å²) in [7, 11) is 0. The van der Waals surface area contributed by atoms with Gasteiger partial charge in [0.05, 0.1) is 17.3 Å². The first-order chi connectivity index (χ1) is 14.4. The standard InChI is InChI=1S/C24H19NO5/c1-14-6-8-16(9-7-14)22(28)20-21(15-10-12-17(26)13-11-15)25(24(30)23(20)29)18-4-2-3-5-19(18)27/h2-13,21,26-28H,1H3/b22-20+. The van der Waals surface area contributed by atoms with Gasteiger partial charge < -0.3 is 15.3 Å². The van der Waals surface area contributed by atoms with E-state index < -0.39 is 17.7 Å². The molecule has 3 aromatic rings. The number of phenols is 2. The van der Waals surface area contributed by atoms with Gasteiger partial charge in [-0.05, 0) is 36.8 Å². The number of carbonyl (C=O) groups excluding carboxylic acids is 2. The molecule has 0 spiro atoms. The molecule has 0 radical (unpaired) electrons. The number of hydrogen-bond donors (Lipinski definition) is 3. The summed E-state index contributed by atoms with van der Waals surface area (Å²) in [6.45, 7) is 1.90. The Labute approximate surface area is 173 Å². The Morgan fingerprint density at radius 1 is 0.867 bits per heavy atom. The third kappa shape index (κ3) is 3.18. The summed E-state index contributed by atoms with van der Waals surface area (Å²) in [4.78, 5) is 27.1. The molecule has 1 unspecified atom stereocenters. The summed E-state index contributed by atoms with van der Waals surface area (Å²) in [5.41, 5.74) is 1.96. The fraction of sp³-hybridized carbons (Fsp3) is 0.0833. The predicted molar refractivity (Wildman–Crippen MR) is 112 cm³/mol. The van der Waals surface area contributed by atoms with Crippen molar-refractivity contribution in [3.05, 3.63) is 95.1 Å². The molecule has 1 atom stereocenters. The topological polar surface area (TPSA) is 98.1 Å². The van der Waals surface area contributed by atoms with E-state index in [1.165, 1.54) is 29.2 Å². The Morgan fingerprint density at radius 2 is 1.50 bits per heavy atom. The van der Waals surface area contributed by atoms with Gasteiger partial charge in [0, 0.05) is 5.56 Å². The van der Waals surface area contributed by atoms with E-state index in [0.29, 0.717) is 11.1 Å². The van der Waals surface area contributed by atoms with E-state index in [2.05, 4.69) is 0 Å². The Balaban J connectivity index is 1.96. The lowest BCUT2D eigenvalue weighted by Crippen LogP contribution is -2.29. The number of anilines is 1. The molecule has 6 nitrogen and oxygen atoms in total. The molecule has 3 aromatic carbocycles. The molecule has 1 heterocycles. The van der Waals surface area contributed by atoms with Crippen LogP contribution in [0.4, 0.5) is 5.69 Å². The highest BCUT2D eigenvalue weighted by atomic mass is 16.3. The van der Waals surface area contributed by atoms with E-state index in [4.69, 9.17) is 0 Å². The summed E-state index contributed by atoms with van der Waals surface area (Å²) in [6.07, 6.45) is 0. The summed E-state index contributed by atoms with van der Waals surface area (Å²) >= 11 is 0. The highest BCUT2D eigenvalue weighted by Gasteiger charge is 2.47. The number of aryl methyl sites for hydroxylation is 1. The molecule has 1 aliphatic heterocycles. The first-order valence-corrected chi connectivity index (χ1v) is 9.33. The molecule has 1 saturated heterocycles. The van der Waals surface area contributed by atoms with Gasteiger partial charge in [-0.15, -0.1) is 0 Å². The number of amides is 1. The number of aliphatic hydroxyl groups excluding tert-OH is 1. The van der Waals surface area contributed by atoms with Crippen molar-refractivity contribution in [2.75, 3.05) is 4.90 Å². The molecule has 0 bridgehead atoms. The molecular formula is C24H19NO5. The highest BCUT2D eigenvalue weighted by Crippen LogP contribution is 2.44. The van der Waals surface area contributed by atoms with Crippen LogP contribution in [-0.2, 0) is 9.59 Å². The molecule has 0 aliphatic carbocycles. The number of aromatic hydroxyl groups is 2. The van der Waals surface area contributed by atoms with Crippen molar-refractivity contribution in [1.29, 1.82) is 0 Å². The van der Waals surface area contributed by atoms with Gasteiger partial charge in [-0.1, -0.05) is 54.1 Å². The summed E-state index contributed by atoms with van der Waals surface area (Å²) in [6, 6.07) is 18.2. The molecule has 4 rings (SSSR count). The van der Waals surface area contributed by atoms with Crippen LogP contribution in [0.25, 0.3) is 5.76 Å². The minimum Gasteiger partial charge on any atom is -0.508 e. The lowest BCUT2D eigenvalue weighted by Gasteiger charge is -2.26. The van der Waals surface area contributed by atoms with Crippen molar-refractivity contribution in [3.8, 4) is 11.5 Å². The number of hydrogen-bond acceptors (Lipinski definition) is 5. The smallest absolute Gasteiger partial charge is 0.300 e. The second kappa shape index (κ2) is 7.40. The van der Waals surface area contributed by atoms with Crippen LogP contribution in [0.5, 0.6) is 11.5 Å². The van der Waals surface area contributed by atoms with Crippen molar-refractivity contribution >= 4 is 23.1 Å². The Kier molecular flexibility index (Phi) is 4.75. The van der Waals surface area contributed by atoms with Gasteiger partial charge >= 0.3 is 0 Å². The average molecular weight is 401 g/mol. The average Bonchev–Trinajstić information content (AvgIpc) is 3.00. The van der Waals surface area contributed by atoms with Crippen molar-refractivity contribution in [3.63, 3.8) is 0 Å². The highest BCUT2D eigenvalue weighted by molar-refractivity contribution is 6.51. The fourth-order valence-electron chi connectivity index (χ4n) is 3.59. The van der Waals surface area contributed by atoms with E-state index >= 15 is 0 Å².